The highest BCUT2D eigenvalue weighted by Gasteiger charge is 2.16. The Hall–Kier alpha value is -1.61. The molecule has 0 aliphatic heterocycles. The van der Waals surface area contributed by atoms with Gasteiger partial charge in [-0.2, -0.15) is 0 Å². The summed E-state index contributed by atoms with van der Waals surface area (Å²) >= 11 is 1.67. The lowest BCUT2D eigenvalue weighted by atomic mass is 10.1. The van der Waals surface area contributed by atoms with Gasteiger partial charge in [0.2, 0.25) is 0 Å². The Kier molecular flexibility index (Phi) is 4.15. The Morgan fingerprint density at radius 3 is 2.56 bits per heavy atom. The van der Waals surface area contributed by atoms with Crippen molar-refractivity contribution < 1.29 is 9.53 Å². The number of benzene rings is 1. The van der Waals surface area contributed by atoms with Gasteiger partial charge in [0, 0.05) is 9.75 Å². The maximum absolute atomic E-state index is 11.9. The number of carbonyl (C=O) groups excluding carboxylic acids is 1. The molecule has 94 valence electrons. The van der Waals surface area contributed by atoms with Crippen LogP contribution in [-0.2, 0) is 11.2 Å². The molecule has 2 aromatic rings. The fourth-order valence-corrected chi connectivity index (χ4v) is 2.91. The zero-order valence-electron chi connectivity index (χ0n) is 10.6. The number of hydrogen-bond donors (Lipinski definition) is 0. The summed E-state index contributed by atoms with van der Waals surface area (Å²) in [5.41, 5.74) is 1.86. The maximum atomic E-state index is 11.9. The first-order chi connectivity index (χ1) is 8.76. The molecule has 2 nitrogen and oxygen atoms in total. The monoisotopic (exact) mass is 260 g/mol. The quantitative estimate of drug-likeness (QED) is 0.772. The van der Waals surface area contributed by atoms with Crippen LogP contribution in [0.3, 0.4) is 0 Å². The Bertz CT molecular complexity index is 529. The summed E-state index contributed by atoms with van der Waals surface area (Å²) < 4.78 is 5.09. The van der Waals surface area contributed by atoms with Crippen molar-refractivity contribution in [3.8, 4) is 10.4 Å². The van der Waals surface area contributed by atoms with Crippen molar-refractivity contribution in [2.45, 2.75) is 20.3 Å². The molecule has 0 amide bonds. The first-order valence-electron chi connectivity index (χ1n) is 6.11. The number of rotatable bonds is 4. The van der Waals surface area contributed by atoms with Gasteiger partial charge in [0.15, 0.2) is 0 Å². The van der Waals surface area contributed by atoms with E-state index in [1.807, 2.05) is 31.2 Å². The number of aryl methyl sites for hydroxylation is 1. The molecule has 0 aliphatic carbocycles. The van der Waals surface area contributed by atoms with Gasteiger partial charge < -0.3 is 4.74 Å². The van der Waals surface area contributed by atoms with Crippen molar-refractivity contribution >= 4 is 17.3 Å². The van der Waals surface area contributed by atoms with Crippen LogP contribution in [0, 0.1) is 0 Å². The van der Waals surface area contributed by atoms with Crippen molar-refractivity contribution in [3.05, 3.63) is 46.8 Å². The summed E-state index contributed by atoms with van der Waals surface area (Å²) in [6.45, 7) is 4.30. The lowest BCUT2D eigenvalue weighted by Crippen LogP contribution is -2.05. The van der Waals surface area contributed by atoms with E-state index in [0.29, 0.717) is 12.2 Å². The van der Waals surface area contributed by atoms with E-state index < -0.39 is 0 Å². The minimum absolute atomic E-state index is 0.215. The molecule has 0 saturated heterocycles. The highest BCUT2D eigenvalue weighted by atomic mass is 32.1. The van der Waals surface area contributed by atoms with Crippen molar-refractivity contribution in [2.24, 2.45) is 0 Å². The minimum atomic E-state index is -0.215. The Morgan fingerprint density at radius 1 is 1.22 bits per heavy atom. The third-order valence-corrected chi connectivity index (χ3v) is 4.01. The standard InChI is InChI=1S/C15H16O2S/c1-3-13-12(15(16)17-4-2)10-14(18-13)11-8-6-5-7-9-11/h5-10H,3-4H2,1-2H3. The van der Waals surface area contributed by atoms with Gasteiger partial charge in [-0.1, -0.05) is 37.3 Å². The fourth-order valence-electron chi connectivity index (χ4n) is 1.82. The molecule has 0 fully saturated rings. The summed E-state index contributed by atoms with van der Waals surface area (Å²) in [5.74, 6) is -0.215. The second-order valence-electron chi connectivity index (χ2n) is 3.89. The van der Waals surface area contributed by atoms with Gasteiger partial charge in [-0.15, -0.1) is 11.3 Å². The second kappa shape index (κ2) is 5.83. The first-order valence-corrected chi connectivity index (χ1v) is 6.93. The van der Waals surface area contributed by atoms with E-state index in [4.69, 9.17) is 4.74 Å². The van der Waals surface area contributed by atoms with E-state index in [0.717, 1.165) is 21.7 Å². The van der Waals surface area contributed by atoms with E-state index in [-0.39, 0.29) is 5.97 Å². The molecule has 0 spiro atoms. The molecule has 1 heterocycles. The number of carbonyl (C=O) groups is 1. The molecule has 1 aromatic carbocycles. The normalized spacial score (nSPS) is 10.3. The lowest BCUT2D eigenvalue weighted by Gasteiger charge is -2.00. The molecular formula is C15H16O2S. The molecule has 0 radical (unpaired) electrons. The van der Waals surface area contributed by atoms with Gasteiger partial charge in [-0.3, -0.25) is 0 Å². The molecule has 0 bridgehead atoms. The Balaban J connectivity index is 2.38. The first kappa shape index (κ1) is 12.8. The van der Waals surface area contributed by atoms with Gasteiger partial charge >= 0.3 is 5.97 Å². The smallest absolute Gasteiger partial charge is 0.339 e. The molecule has 0 N–H and O–H groups in total. The van der Waals surface area contributed by atoms with E-state index in [1.165, 1.54) is 0 Å². The predicted molar refractivity (Wildman–Crippen MR) is 75.1 cm³/mol. The third kappa shape index (κ3) is 2.62. The lowest BCUT2D eigenvalue weighted by molar-refractivity contribution is 0.0526. The number of ether oxygens (including phenoxy) is 1. The molecule has 0 saturated carbocycles. The van der Waals surface area contributed by atoms with Crippen LogP contribution in [0.15, 0.2) is 36.4 Å². The van der Waals surface area contributed by atoms with Crippen LogP contribution in [0.25, 0.3) is 10.4 Å². The fraction of sp³-hybridized carbons (Fsp3) is 0.267. The number of thiophene rings is 1. The largest absolute Gasteiger partial charge is 0.462 e. The summed E-state index contributed by atoms with van der Waals surface area (Å²) in [6, 6.07) is 12.1. The van der Waals surface area contributed by atoms with Crippen LogP contribution in [0.4, 0.5) is 0 Å². The second-order valence-corrected chi connectivity index (χ2v) is 5.02. The third-order valence-electron chi connectivity index (χ3n) is 2.68. The number of esters is 1. The number of hydrogen-bond acceptors (Lipinski definition) is 3. The van der Waals surface area contributed by atoms with E-state index in [1.54, 1.807) is 11.3 Å². The van der Waals surface area contributed by atoms with Crippen molar-refractivity contribution in [3.63, 3.8) is 0 Å². The summed E-state index contributed by atoms with van der Waals surface area (Å²) in [4.78, 5) is 14.1. The van der Waals surface area contributed by atoms with Crippen LogP contribution >= 0.6 is 11.3 Å². The van der Waals surface area contributed by atoms with Gasteiger partial charge in [0.1, 0.15) is 0 Å². The molecule has 3 heteroatoms. The van der Waals surface area contributed by atoms with Crippen molar-refractivity contribution in [1.29, 1.82) is 0 Å². The average molecular weight is 260 g/mol. The van der Waals surface area contributed by atoms with Crippen molar-refractivity contribution in [1.82, 2.24) is 0 Å². The molecular weight excluding hydrogens is 244 g/mol. The van der Waals surface area contributed by atoms with Gasteiger partial charge in [-0.25, -0.2) is 4.79 Å². The van der Waals surface area contributed by atoms with E-state index >= 15 is 0 Å². The van der Waals surface area contributed by atoms with Crippen LogP contribution in [0.1, 0.15) is 29.1 Å². The summed E-state index contributed by atoms with van der Waals surface area (Å²) in [5, 5.41) is 0. The van der Waals surface area contributed by atoms with E-state index in [9.17, 15) is 4.79 Å². The predicted octanol–water partition coefficient (Wildman–Crippen LogP) is 4.15. The van der Waals surface area contributed by atoms with Crippen molar-refractivity contribution in [2.75, 3.05) is 6.61 Å². The zero-order valence-corrected chi connectivity index (χ0v) is 11.4. The van der Waals surface area contributed by atoms with E-state index in [2.05, 4.69) is 19.1 Å². The SMILES string of the molecule is CCOC(=O)c1cc(-c2ccccc2)sc1CC. The zero-order chi connectivity index (χ0) is 13.0. The van der Waals surface area contributed by atoms with Crippen LogP contribution in [-0.4, -0.2) is 12.6 Å². The Morgan fingerprint density at radius 2 is 1.94 bits per heavy atom. The molecule has 0 atom stereocenters. The van der Waals surface area contributed by atoms with Gasteiger partial charge in [-0.05, 0) is 25.0 Å². The highest BCUT2D eigenvalue weighted by Crippen LogP contribution is 2.32. The molecule has 0 unspecified atom stereocenters. The van der Waals surface area contributed by atoms with Crippen LogP contribution in [0.2, 0.25) is 0 Å². The van der Waals surface area contributed by atoms with Gasteiger partial charge in [0.05, 0.1) is 12.2 Å². The Labute approximate surface area is 111 Å². The molecule has 1 aromatic heterocycles. The molecule has 2 rings (SSSR count). The highest BCUT2D eigenvalue weighted by molar-refractivity contribution is 7.15. The maximum Gasteiger partial charge on any atom is 0.339 e. The summed E-state index contributed by atoms with van der Waals surface area (Å²) in [6.07, 6.45) is 0.853. The minimum Gasteiger partial charge on any atom is -0.462 e. The van der Waals surface area contributed by atoms with Crippen LogP contribution in [0.5, 0.6) is 0 Å². The molecule has 0 aliphatic rings. The average Bonchev–Trinajstić information content (AvgIpc) is 2.84. The van der Waals surface area contributed by atoms with Gasteiger partial charge in [0.25, 0.3) is 0 Å². The molecule has 18 heavy (non-hydrogen) atoms. The van der Waals surface area contributed by atoms with Crippen LogP contribution < -0.4 is 0 Å². The topological polar surface area (TPSA) is 26.3 Å². The summed E-state index contributed by atoms with van der Waals surface area (Å²) in [7, 11) is 0.